The van der Waals surface area contributed by atoms with Crippen LogP contribution in [0.5, 0.6) is 0 Å². The van der Waals surface area contributed by atoms with E-state index in [9.17, 15) is 0 Å². The van der Waals surface area contributed by atoms with E-state index in [4.69, 9.17) is 11.6 Å². The highest BCUT2D eigenvalue weighted by Gasteiger charge is 1.96. The summed E-state index contributed by atoms with van der Waals surface area (Å²) in [6.07, 6.45) is 7.62. The molecule has 0 heterocycles. The molecule has 0 N–H and O–H groups in total. The average molecular weight is 225 g/mol. The van der Waals surface area contributed by atoms with Crippen LogP contribution in [0.3, 0.4) is 0 Å². The summed E-state index contributed by atoms with van der Waals surface area (Å²) < 4.78 is 0. The van der Waals surface area contributed by atoms with Crippen LogP contribution in [0.25, 0.3) is 0 Å². The highest BCUT2D eigenvalue weighted by molar-refractivity contribution is 6.20. The third-order valence-corrected chi connectivity index (χ3v) is 2.88. The van der Waals surface area contributed by atoms with Crippen LogP contribution in [0.1, 0.15) is 44.6 Å². The zero-order valence-corrected chi connectivity index (χ0v) is 10.3. The number of unbranched alkanes of at least 4 members (excludes halogenated alkanes) is 3. The predicted octanol–water partition coefficient (Wildman–Crippen LogP) is 4.81. The lowest BCUT2D eigenvalue weighted by Crippen LogP contribution is -1.91. The number of halogens is 1. The van der Waals surface area contributed by atoms with E-state index in [1.807, 2.05) is 0 Å². The largest absolute Gasteiger partial charge is 0.123 e. The van der Waals surface area contributed by atoms with Crippen molar-refractivity contribution in [1.29, 1.82) is 0 Å². The van der Waals surface area contributed by atoms with Crippen molar-refractivity contribution in [1.82, 2.24) is 0 Å². The molecule has 1 rings (SSSR count). The van der Waals surface area contributed by atoms with Crippen molar-refractivity contribution in [3.63, 3.8) is 0 Å². The van der Waals surface area contributed by atoms with Crippen LogP contribution >= 0.6 is 11.6 Å². The number of hydrogen-bond donors (Lipinski definition) is 0. The van der Waals surface area contributed by atoms with Gasteiger partial charge in [-0.2, -0.15) is 0 Å². The van der Waals surface area contributed by atoms with E-state index in [-0.39, 0.29) is 0 Å². The normalized spacial score (nSPS) is 12.7. The predicted molar refractivity (Wildman–Crippen MR) is 68.5 cm³/mol. The summed E-state index contributed by atoms with van der Waals surface area (Å²) in [5, 5.41) is 0.346. The van der Waals surface area contributed by atoms with Crippen LogP contribution in [0.15, 0.2) is 30.3 Å². The third-order valence-electron chi connectivity index (χ3n) is 2.66. The van der Waals surface area contributed by atoms with E-state index in [1.165, 1.54) is 37.7 Å². The first-order valence-electron chi connectivity index (χ1n) is 5.97. The van der Waals surface area contributed by atoms with Crippen LogP contribution in [0, 0.1) is 0 Å². The zero-order valence-electron chi connectivity index (χ0n) is 9.58. The van der Waals surface area contributed by atoms with E-state index < -0.39 is 0 Å². The summed E-state index contributed by atoms with van der Waals surface area (Å²) in [7, 11) is 0. The van der Waals surface area contributed by atoms with Crippen molar-refractivity contribution in [3.05, 3.63) is 35.9 Å². The van der Waals surface area contributed by atoms with Crippen molar-refractivity contribution in [2.24, 2.45) is 0 Å². The Bertz CT molecular complexity index is 241. The maximum atomic E-state index is 5.89. The quantitative estimate of drug-likeness (QED) is 0.461. The van der Waals surface area contributed by atoms with Gasteiger partial charge in [0.15, 0.2) is 0 Å². The molecule has 0 spiro atoms. The van der Waals surface area contributed by atoms with Gasteiger partial charge in [-0.3, -0.25) is 0 Å². The molecule has 0 saturated heterocycles. The van der Waals surface area contributed by atoms with Crippen LogP contribution in [-0.4, -0.2) is 5.38 Å². The maximum Gasteiger partial charge on any atom is 0.0307 e. The second-order valence-corrected chi connectivity index (χ2v) is 4.96. The fourth-order valence-electron chi connectivity index (χ4n) is 1.75. The van der Waals surface area contributed by atoms with Crippen LogP contribution in [0.2, 0.25) is 0 Å². The number of aryl methyl sites for hydroxylation is 1. The van der Waals surface area contributed by atoms with Crippen molar-refractivity contribution in [2.45, 2.75) is 50.8 Å². The Labute approximate surface area is 98.7 Å². The van der Waals surface area contributed by atoms with Gasteiger partial charge in [0.1, 0.15) is 0 Å². The maximum absolute atomic E-state index is 5.89. The molecule has 1 heteroatoms. The van der Waals surface area contributed by atoms with E-state index in [0.717, 1.165) is 6.42 Å². The summed E-state index contributed by atoms with van der Waals surface area (Å²) in [6, 6.07) is 10.7. The Morgan fingerprint density at radius 3 is 2.33 bits per heavy atom. The van der Waals surface area contributed by atoms with Gasteiger partial charge in [0, 0.05) is 5.38 Å². The molecule has 0 aliphatic heterocycles. The standard InChI is InChI=1S/C14H21Cl/c1-13(15)9-5-2-3-6-10-14-11-7-4-8-12-14/h4,7-8,11-13H,2-3,5-6,9-10H2,1H3. The smallest absolute Gasteiger partial charge is 0.0307 e. The lowest BCUT2D eigenvalue weighted by Gasteiger charge is -2.03. The number of rotatable bonds is 7. The Balaban J connectivity index is 1.98. The molecule has 0 aliphatic carbocycles. The minimum absolute atomic E-state index is 0.346. The van der Waals surface area contributed by atoms with Crippen molar-refractivity contribution < 1.29 is 0 Å². The summed E-state index contributed by atoms with van der Waals surface area (Å²) in [5.41, 5.74) is 1.46. The van der Waals surface area contributed by atoms with Gasteiger partial charge in [0.05, 0.1) is 0 Å². The first-order chi connectivity index (χ1) is 7.29. The molecule has 0 nitrogen and oxygen atoms in total. The average Bonchev–Trinajstić information content (AvgIpc) is 2.24. The number of hydrogen-bond acceptors (Lipinski definition) is 0. The van der Waals surface area contributed by atoms with Crippen LogP contribution in [-0.2, 0) is 6.42 Å². The summed E-state index contributed by atoms with van der Waals surface area (Å²) in [6.45, 7) is 2.07. The molecule has 0 aliphatic rings. The molecule has 1 aromatic carbocycles. The molecule has 84 valence electrons. The molecule has 1 unspecified atom stereocenters. The van der Waals surface area contributed by atoms with Gasteiger partial charge in [-0.1, -0.05) is 49.6 Å². The van der Waals surface area contributed by atoms with Gasteiger partial charge >= 0.3 is 0 Å². The molecule has 1 atom stereocenters. The minimum atomic E-state index is 0.346. The van der Waals surface area contributed by atoms with E-state index >= 15 is 0 Å². The molecule has 0 amide bonds. The Morgan fingerprint density at radius 1 is 1.00 bits per heavy atom. The topological polar surface area (TPSA) is 0 Å². The SMILES string of the molecule is CC(Cl)CCCCCCc1ccccc1. The Kier molecular flexibility index (Phi) is 6.50. The van der Waals surface area contributed by atoms with Crippen LogP contribution < -0.4 is 0 Å². The first kappa shape index (κ1) is 12.6. The third kappa shape index (κ3) is 6.57. The molecule has 0 bridgehead atoms. The zero-order chi connectivity index (χ0) is 10.9. The van der Waals surface area contributed by atoms with Gasteiger partial charge in [-0.05, 0) is 31.7 Å². The lowest BCUT2D eigenvalue weighted by atomic mass is 10.1. The highest BCUT2D eigenvalue weighted by atomic mass is 35.5. The fourth-order valence-corrected chi connectivity index (χ4v) is 1.91. The van der Waals surface area contributed by atoms with Gasteiger partial charge in [0.2, 0.25) is 0 Å². The van der Waals surface area contributed by atoms with E-state index in [1.54, 1.807) is 0 Å². The molecular formula is C14H21Cl. The van der Waals surface area contributed by atoms with Gasteiger partial charge < -0.3 is 0 Å². The van der Waals surface area contributed by atoms with Crippen LogP contribution in [0.4, 0.5) is 0 Å². The highest BCUT2D eigenvalue weighted by Crippen LogP contribution is 2.11. The number of alkyl halides is 1. The van der Waals surface area contributed by atoms with Crippen molar-refractivity contribution in [2.75, 3.05) is 0 Å². The molecule has 0 radical (unpaired) electrons. The number of benzene rings is 1. The molecule has 0 fully saturated rings. The van der Waals surface area contributed by atoms with Crippen molar-refractivity contribution in [3.8, 4) is 0 Å². The van der Waals surface area contributed by atoms with E-state index in [2.05, 4.69) is 37.3 Å². The van der Waals surface area contributed by atoms with Gasteiger partial charge in [-0.25, -0.2) is 0 Å². The Morgan fingerprint density at radius 2 is 1.67 bits per heavy atom. The summed E-state index contributed by atoms with van der Waals surface area (Å²) >= 11 is 5.89. The second kappa shape index (κ2) is 7.76. The fraction of sp³-hybridized carbons (Fsp3) is 0.571. The first-order valence-corrected chi connectivity index (χ1v) is 6.40. The molecular weight excluding hydrogens is 204 g/mol. The molecule has 1 aromatic rings. The van der Waals surface area contributed by atoms with Crippen molar-refractivity contribution >= 4 is 11.6 Å². The second-order valence-electron chi connectivity index (χ2n) is 4.22. The molecule has 0 aromatic heterocycles. The monoisotopic (exact) mass is 224 g/mol. The van der Waals surface area contributed by atoms with E-state index in [0.29, 0.717) is 5.38 Å². The summed E-state index contributed by atoms with van der Waals surface area (Å²) in [4.78, 5) is 0. The molecule has 0 saturated carbocycles. The van der Waals surface area contributed by atoms with Gasteiger partial charge in [-0.15, -0.1) is 11.6 Å². The molecule has 15 heavy (non-hydrogen) atoms. The summed E-state index contributed by atoms with van der Waals surface area (Å²) in [5.74, 6) is 0. The lowest BCUT2D eigenvalue weighted by molar-refractivity contribution is 0.610. The minimum Gasteiger partial charge on any atom is -0.123 e. The van der Waals surface area contributed by atoms with Gasteiger partial charge in [0.25, 0.3) is 0 Å². The Hall–Kier alpha value is -0.490.